The van der Waals surface area contributed by atoms with Gasteiger partial charge < -0.3 is 5.32 Å². The number of nitrogens with one attached hydrogen (secondary N) is 1. The topological polar surface area (TPSA) is 12.0 Å². The molecule has 0 aromatic carbocycles. The Kier molecular flexibility index (Phi) is 104. The molecule has 0 fully saturated rings. The van der Waals surface area contributed by atoms with Crippen LogP contribution >= 0.6 is 0 Å². The van der Waals surface area contributed by atoms with Gasteiger partial charge in [-0.15, -0.1) is 0 Å². The van der Waals surface area contributed by atoms with Crippen molar-refractivity contribution in [1.29, 1.82) is 0 Å². The molecule has 0 aromatic heterocycles. The van der Waals surface area contributed by atoms with Crippen molar-refractivity contribution >= 4 is 0 Å². The molecule has 0 amide bonds. The van der Waals surface area contributed by atoms with Crippen molar-refractivity contribution in [2.75, 3.05) is 13.1 Å². The highest BCUT2D eigenvalue weighted by Gasteiger charge is 1.62. The molecule has 0 unspecified atom stereocenters. The highest BCUT2D eigenvalue weighted by molar-refractivity contribution is 4.27. The van der Waals surface area contributed by atoms with Crippen molar-refractivity contribution in [3.05, 3.63) is 0 Å². The van der Waals surface area contributed by atoms with Crippen LogP contribution in [0.4, 0.5) is 0 Å². The third kappa shape index (κ3) is 135. The van der Waals surface area contributed by atoms with Gasteiger partial charge in [0.15, 0.2) is 0 Å². The minimum Gasteiger partial charge on any atom is -0.317 e. The molecule has 86 valence electrons. The van der Waals surface area contributed by atoms with Crippen LogP contribution in [0.15, 0.2) is 0 Å². The lowest BCUT2D eigenvalue weighted by Crippen LogP contribution is -2.09. The van der Waals surface area contributed by atoms with Crippen LogP contribution in [0.25, 0.3) is 0 Å². The summed E-state index contributed by atoms with van der Waals surface area (Å²) in [5, 5.41) is 3.11. The second-order valence-corrected chi connectivity index (χ2v) is 1.96. The molecule has 0 saturated carbocycles. The first-order valence-electron chi connectivity index (χ1n) is 6.04. The predicted molar refractivity (Wildman–Crippen MR) is 67.5 cm³/mol. The van der Waals surface area contributed by atoms with Gasteiger partial charge in [-0.3, -0.25) is 0 Å². The van der Waals surface area contributed by atoms with Crippen LogP contribution in [0.1, 0.15) is 68.2 Å². The smallest absolute Gasteiger partial charge is 0.00775 e. The Balaban J connectivity index is -0.0000000457. The molecule has 0 atom stereocenters. The van der Waals surface area contributed by atoms with Gasteiger partial charge in [0, 0.05) is 0 Å². The summed E-state index contributed by atoms with van der Waals surface area (Å²) in [6, 6.07) is 0. The lowest BCUT2D eigenvalue weighted by molar-refractivity contribution is 0.762. The van der Waals surface area contributed by atoms with E-state index in [1.165, 1.54) is 12.8 Å². The SMILES string of the molecule is CC.CC.CCCC.CCNCC. The fraction of sp³-hybridized carbons (Fsp3) is 1.00. The second-order valence-electron chi connectivity index (χ2n) is 1.96. The Morgan fingerprint density at radius 2 is 0.846 bits per heavy atom. The molecular formula is C12H33N. The van der Waals surface area contributed by atoms with Gasteiger partial charge >= 0.3 is 0 Å². The number of unbranched alkanes of at least 4 members (excludes halogenated alkanes) is 1. The monoisotopic (exact) mass is 191 g/mol. The number of rotatable bonds is 3. The maximum absolute atomic E-state index is 3.11. The average molecular weight is 191 g/mol. The van der Waals surface area contributed by atoms with E-state index in [-0.39, 0.29) is 0 Å². The molecule has 0 bridgehead atoms. The van der Waals surface area contributed by atoms with Gasteiger partial charge in [-0.25, -0.2) is 0 Å². The molecule has 0 radical (unpaired) electrons. The van der Waals surface area contributed by atoms with Gasteiger partial charge in [-0.1, -0.05) is 68.2 Å². The summed E-state index contributed by atoms with van der Waals surface area (Å²) in [6.45, 7) is 18.8. The van der Waals surface area contributed by atoms with Crippen molar-refractivity contribution < 1.29 is 0 Å². The summed E-state index contributed by atoms with van der Waals surface area (Å²) in [5.41, 5.74) is 0. The zero-order valence-corrected chi connectivity index (χ0v) is 11.3. The van der Waals surface area contributed by atoms with E-state index in [9.17, 15) is 0 Å². The summed E-state index contributed by atoms with van der Waals surface area (Å²) in [6.07, 6.45) is 2.64. The highest BCUT2D eigenvalue weighted by Crippen LogP contribution is 1.76. The van der Waals surface area contributed by atoms with E-state index in [2.05, 4.69) is 33.0 Å². The van der Waals surface area contributed by atoms with E-state index >= 15 is 0 Å². The molecule has 1 nitrogen and oxygen atoms in total. The zero-order chi connectivity index (χ0) is 11.5. The van der Waals surface area contributed by atoms with E-state index in [1.54, 1.807) is 0 Å². The van der Waals surface area contributed by atoms with E-state index < -0.39 is 0 Å². The van der Waals surface area contributed by atoms with E-state index in [0.29, 0.717) is 0 Å². The van der Waals surface area contributed by atoms with Crippen LogP contribution in [-0.2, 0) is 0 Å². The molecule has 1 N–H and O–H groups in total. The highest BCUT2D eigenvalue weighted by atomic mass is 14.8. The molecular weight excluding hydrogens is 158 g/mol. The largest absolute Gasteiger partial charge is 0.317 e. The Morgan fingerprint density at radius 1 is 0.615 bits per heavy atom. The second kappa shape index (κ2) is 58.4. The zero-order valence-electron chi connectivity index (χ0n) is 11.3. The van der Waals surface area contributed by atoms with E-state index in [0.717, 1.165) is 13.1 Å². The van der Waals surface area contributed by atoms with Crippen molar-refractivity contribution in [2.24, 2.45) is 0 Å². The first kappa shape index (κ1) is 23.1. The summed E-state index contributed by atoms with van der Waals surface area (Å²) in [4.78, 5) is 0. The van der Waals surface area contributed by atoms with Gasteiger partial charge in [0.25, 0.3) is 0 Å². The Hall–Kier alpha value is -0.0400. The lowest BCUT2D eigenvalue weighted by Gasteiger charge is -1.86. The minimum absolute atomic E-state index is 1.09. The molecule has 0 heterocycles. The minimum atomic E-state index is 1.09. The van der Waals surface area contributed by atoms with E-state index in [1.807, 2.05) is 27.7 Å². The van der Waals surface area contributed by atoms with Crippen LogP contribution in [0.3, 0.4) is 0 Å². The van der Waals surface area contributed by atoms with Crippen LogP contribution in [-0.4, -0.2) is 13.1 Å². The summed E-state index contributed by atoms with van der Waals surface area (Å²) < 4.78 is 0. The quantitative estimate of drug-likeness (QED) is 0.694. The Labute approximate surface area is 87.3 Å². The van der Waals surface area contributed by atoms with Crippen LogP contribution in [0, 0.1) is 0 Å². The fourth-order valence-corrected chi connectivity index (χ4v) is 0.250. The summed E-state index contributed by atoms with van der Waals surface area (Å²) in [7, 11) is 0. The van der Waals surface area contributed by atoms with Crippen molar-refractivity contribution in [3.8, 4) is 0 Å². The Bertz CT molecular complexity index is 24.3. The first-order valence-corrected chi connectivity index (χ1v) is 6.04. The molecule has 0 spiro atoms. The maximum atomic E-state index is 3.11. The third-order valence-corrected chi connectivity index (χ3v) is 1.000. The first-order chi connectivity index (χ1) is 6.33. The molecule has 0 rings (SSSR count). The number of hydrogen-bond donors (Lipinski definition) is 1. The normalized spacial score (nSPS) is 6.46. The van der Waals surface area contributed by atoms with Crippen molar-refractivity contribution in [1.82, 2.24) is 5.32 Å². The predicted octanol–water partition coefficient (Wildman–Crippen LogP) is 4.47. The molecule has 13 heavy (non-hydrogen) atoms. The fourth-order valence-electron chi connectivity index (χ4n) is 0.250. The lowest BCUT2D eigenvalue weighted by atomic mass is 10.4. The van der Waals surface area contributed by atoms with Crippen LogP contribution in [0.5, 0.6) is 0 Å². The average Bonchev–Trinajstić information content (AvgIpc) is 2.25. The standard InChI is InChI=1S/C4H11N.C4H10.2C2H6/c1-3-5-4-2;1-3-4-2;2*1-2/h5H,3-4H2,1-2H3;3-4H2,1-2H3;2*1-2H3. The molecule has 0 aliphatic carbocycles. The van der Waals surface area contributed by atoms with Gasteiger partial charge in [0.05, 0.1) is 0 Å². The Morgan fingerprint density at radius 3 is 0.846 bits per heavy atom. The molecule has 0 aliphatic heterocycles. The number of hydrogen-bond acceptors (Lipinski definition) is 1. The van der Waals surface area contributed by atoms with Crippen LogP contribution in [0.2, 0.25) is 0 Å². The molecule has 1 heteroatoms. The molecule has 0 aliphatic rings. The molecule has 0 aromatic rings. The van der Waals surface area contributed by atoms with E-state index in [4.69, 9.17) is 0 Å². The van der Waals surface area contributed by atoms with Gasteiger partial charge in [-0.05, 0) is 13.1 Å². The third-order valence-electron chi connectivity index (χ3n) is 1.000. The molecule has 0 saturated heterocycles. The van der Waals surface area contributed by atoms with Crippen molar-refractivity contribution in [3.63, 3.8) is 0 Å². The summed E-state index contributed by atoms with van der Waals surface area (Å²) >= 11 is 0. The van der Waals surface area contributed by atoms with Gasteiger partial charge in [-0.2, -0.15) is 0 Å². The van der Waals surface area contributed by atoms with Gasteiger partial charge in [0.1, 0.15) is 0 Å². The summed E-state index contributed by atoms with van der Waals surface area (Å²) in [5.74, 6) is 0. The van der Waals surface area contributed by atoms with Gasteiger partial charge in [0.2, 0.25) is 0 Å². The van der Waals surface area contributed by atoms with Crippen LogP contribution < -0.4 is 5.32 Å². The maximum Gasteiger partial charge on any atom is -0.00775 e. The van der Waals surface area contributed by atoms with Crippen molar-refractivity contribution in [2.45, 2.75) is 68.2 Å².